The van der Waals surface area contributed by atoms with Crippen molar-refractivity contribution in [3.8, 4) is 0 Å². The molecule has 0 spiro atoms. The fourth-order valence-electron chi connectivity index (χ4n) is 3.14. The molecule has 1 aromatic heterocycles. The molecule has 0 fully saturated rings. The SMILES string of the molecule is COCCn1ccc2c(NC(=O)CCc3ccccc3C)cccc2c1=O. The normalized spacial score (nSPS) is 10.9. The molecule has 0 aliphatic carbocycles. The first kappa shape index (κ1) is 18.9. The van der Waals surface area contributed by atoms with E-state index in [9.17, 15) is 9.59 Å². The number of carbonyl (C=O) groups excluding carboxylic acids is 1. The Balaban J connectivity index is 1.76. The minimum absolute atomic E-state index is 0.0608. The van der Waals surface area contributed by atoms with Gasteiger partial charge in [-0.1, -0.05) is 30.3 Å². The van der Waals surface area contributed by atoms with Gasteiger partial charge < -0.3 is 14.6 Å². The monoisotopic (exact) mass is 364 g/mol. The van der Waals surface area contributed by atoms with Gasteiger partial charge in [-0.05, 0) is 42.7 Å². The molecule has 0 saturated carbocycles. The molecule has 1 heterocycles. The zero-order chi connectivity index (χ0) is 19.2. The maximum Gasteiger partial charge on any atom is 0.258 e. The summed E-state index contributed by atoms with van der Waals surface area (Å²) in [6.07, 6.45) is 2.83. The Bertz CT molecular complexity index is 1010. The van der Waals surface area contributed by atoms with E-state index in [1.165, 1.54) is 11.1 Å². The van der Waals surface area contributed by atoms with E-state index in [1.54, 1.807) is 30.0 Å². The van der Waals surface area contributed by atoms with E-state index in [-0.39, 0.29) is 11.5 Å². The Hall–Kier alpha value is -2.92. The molecule has 0 aliphatic heterocycles. The highest BCUT2D eigenvalue weighted by molar-refractivity contribution is 6.01. The molecule has 0 atom stereocenters. The lowest BCUT2D eigenvalue weighted by Gasteiger charge is -2.11. The molecule has 5 nitrogen and oxygen atoms in total. The molecule has 1 N–H and O–H groups in total. The summed E-state index contributed by atoms with van der Waals surface area (Å²) in [4.78, 5) is 25.0. The third kappa shape index (κ3) is 4.44. The highest BCUT2D eigenvalue weighted by Crippen LogP contribution is 2.21. The third-order valence-corrected chi connectivity index (χ3v) is 4.71. The maximum atomic E-state index is 12.6. The van der Waals surface area contributed by atoms with Crippen LogP contribution in [0.25, 0.3) is 10.8 Å². The Morgan fingerprint density at radius 2 is 1.89 bits per heavy atom. The molecule has 1 amide bonds. The standard InChI is InChI=1S/C22H24N2O3/c1-16-6-3-4-7-17(16)10-11-21(25)23-20-9-5-8-19-18(20)12-13-24(22(19)26)14-15-27-2/h3-9,12-13H,10-11,14-15H2,1-2H3,(H,23,25). The van der Waals surface area contributed by atoms with Gasteiger partial charge in [0.15, 0.2) is 0 Å². The zero-order valence-electron chi connectivity index (χ0n) is 15.7. The summed E-state index contributed by atoms with van der Waals surface area (Å²) >= 11 is 0. The van der Waals surface area contributed by atoms with E-state index in [0.717, 1.165) is 5.39 Å². The average Bonchev–Trinajstić information content (AvgIpc) is 2.67. The van der Waals surface area contributed by atoms with Crippen LogP contribution in [0.4, 0.5) is 5.69 Å². The van der Waals surface area contributed by atoms with Crippen molar-refractivity contribution in [3.05, 3.63) is 76.2 Å². The second-order valence-corrected chi connectivity index (χ2v) is 6.55. The van der Waals surface area contributed by atoms with Gasteiger partial charge in [-0.2, -0.15) is 0 Å². The van der Waals surface area contributed by atoms with Crippen LogP contribution in [0.3, 0.4) is 0 Å². The van der Waals surface area contributed by atoms with Gasteiger partial charge in [0.25, 0.3) is 5.56 Å². The van der Waals surface area contributed by atoms with Crippen LogP contribution in [-0.2, 0) is 22.5 Å². The molecule has 0 aliphatic rings. The smallest absolute Gasteiger partial charge is 0.258 e. The van der Waals surface area contributed by atoms with Crippen molar-refractivity contribution in [3.63, 3.8) is 0 Å². The summed E-state index contributed by atoms with van der Waals surface area (Å²) in [7, 11) is 1.61. The van der Waals surface area contributed by atoms with Gasteiger partial charge in [-0.3, -0.25) is 9.59 Å². The number of anilines is 1. The number of benzene rings is 2. The van der Waals surface area contributed by atoms with Gasteiger partial charge in [0.05, 0.1) is 6.61 Å². The number of aryl methyl sites for hydroxylation is 2. The van der Waals surface area contributed by atoms with Gasteiger partial charge in [-0.25, -0.2) is 0 Å². The van der Waals surface area contributed by atoms with E-state index >= 15 is 0 Å². The van der Waals surface area contributed by atoms with E-state index < -0.39 is 0 Å². The maximum absolute atomic E-state index is 12.6. The van der Waals surface area contributed by atoms with Crippen molar-refractivity contribution in [1.82, 2.24) is 4.57 Å². The molecule has 2 aromatic carbocycles. The van der Waals surface area contributed by atoms with Gasteiger partial charge in [0, 0.05) is 42.7 Å². The number of ether oxygens (including phenoxy) is 1. The molecule has 0 saturated heterocycles. The quantitative estimate of drug-likeness (QED) is 0.698. The van der Waals surface area contributed by atoms with Crippen molar-refractivity contribution in [1.29, 1.82) is 0 Å². The van der Waals surface area contributed by atoms with Crippen molar-refractivity contribution >= 4 is 22.4 Å². The number of hydrogen-bond acceptors (Lipinski definition) is 3. The van der Waals surface area contributed by atoms with Crippen LogP contribution in [0.2, 0.25) is 0 Å². The molecule has 27 heavy (non-hydrogen) atoms. The lowest BCUT2D eigenvalue weighted by atomic mass is 10.0. The topological polar surface area (TPSA) is 60.3 Å². The molecule has 3 aromatic rings. The molecule has 0 unspecified atom stereocenters. The summed E-state index contributed by atoms with van der Waals surface area (Å²) < 4.78 is 6.66. The summed E-state index contributed by atoms with van der Waals surface area (Å²) in [6.45, 7) is 3.02. The number of amides is 1. The van der Waals surface area contributed by atoms with Crippen LogP contribution < -0.4 is 10.9 Å². The predicted octanol–water partition coefficient (Wildman–Crippen LogP) is 3.53. The Kier molecular flexibility index (Phi) is 6.04. The molecular formula is C22H24N2O3. The first-order valence-corrected chi connectivity index (χ1v) is 9.05. The number of fused-ring (bicyclic) bond motifs is 1. The van der Waals surface area contributed by atoms with Gasteiger partial charge in [-0.15, -0.1) is 0 Å². The minimum Gasteiger partial charge on any atom is -0.383 e. The van der Waals surface area contributed by atoms with Crippen molar-refractivity contribution in [2.24, 2.45) is 0 Å². The summed E-state index contributed by atoms with van der Waals surface area (Å²) in [5, 5.41) is 4.29. The number of nitrogens with zero attached hydrogens (tertiary/aromatic N) is 1. The van der Waals surface area contributed by atoms with Crippen molar-refractivity contribution in [2.45, 2.75) is 26.3 Å². The number of methoxy groups -OCH3 is 1. The number of carbonyl (C=O) groups is 1. The highest BCUT2D eigenvalue weighted by atomic mass is 16.5. The highest BCUT2D eigenvalue weighted by Gasteiger charge is 2.10. The average molecular weight is 364 g/mol. The number of nitrogens with one attached hydrogen (secondary N) is 1. The van der Waals surface area contributed by atoms with Crippen LogP contribution in [-0.4, -0.2) is 24.2 Å². The zero-order valence-corrected chi connectivity index (χ0v) is 15.7. The van der Waals surface area contributed by atoms with Crippen LogP contribution in [0.1, 0.15) is 17.5 Å². The van der Waals surface area contributed by atoms with Crippen LogP contribution in [0, 0.1) is 6.92 Å². The van der Waals surface area contributed by atoms with Crippen molar-refractivity contribution < 1.29 is 9.53 Å². The Morgan fingerprint density at radius 1 is 1.07 bits per heavy atom. The first-order chi connectivity index (χ1) is 13.1. The fraction of sp³-hybridized carbons (Fsp3) is 0.273. The molecule has 3 rings (SSSR count). The van der Waals surface area contributed by atoms with E-state index in [1.807, 2.05) is 43.3 Å². The van der Waals surface area contributed by atoms with Gasteiger partial charge in [0.1, 0.15) is 0 Å². The molecular weight excluding hydrogens is 340 g/mol. The summed E-state index contributed by atoms with van der Waals surface area (Å²) in [5.74, 6) is -0.0608. The van der Waals surface area contributed by atoms with E-state index in [4.69, 9.17) is 4.74 Å². The largest absolute Gasteiger partial charge is 0.383 e. The number of aromatic nitrogens is 1. The van der Waals surface area contributed by atoms with E-state index in [0.29, 0.717) is 37.1 Å². The number of pyridine rings is 1. The lowest BCUT2D eigenvalue weighted by molar-refractivity contribution is -0.116. The van der Waals surface area contributed by atoms with Crippen LogP contribution in [0.15, 0.2) is 59.5 Å². The van der Waals surface area contributed by atoms with Crippen molar-refractivity contribution in [2.75, 3.05) is 19.0 Å². The molecule has 0 bridgehead atoms. The summed E-state index contributed by atoms with van der Waals surface area (Å²) in [5.41, 5.74) is 2.94. The minimum atomic E-state index is -0.0828. The van der Waals surface area contributed by atoms with Crippen LogP contribution in [0.5, 0.6) is 0 Å². The second kappa shape index (κ2) is 8.64. The molecule has 0 radical (unpaired) electrons. The Morgan fingerprint density at radius 3 is 2.67 bits per heavy atom. The summed E-state index contributed by atoms with van der Waals surface area (Å²) in [6, 6.07) is 15.3. The Labute approximate surface area is 158 Å². The second-order valence-electron chi connectivity index (χ2n) is 6.55. The lowest BCUT2D eigenvalue weighted by Crippen LogP contribution is -2.22. The van der Waals surface area contributed by atoms with E-state index in [2.05, 4.69) is 5.32 Å². The first-order valence-electron chi connectivity index (χ1n) is 9.05. The van der Waals surface area contributed by atoms with Gasteiger partial charge in [0.2, 0.25) is 5.91 Å². The molecule has 5 heteroatoms. The fourth-order valence-corrected chi connectivity index (χ4v) is 3.14. The van der Waals surface area contributed by atoms with Crippen LogP contribution >= 0.6 is 0 Å². The molecule has 140 valence electrons. The third-order valence-electron chi connectivity index (χ3n) is 4.71. The number of rotatable bonds is 7. The number of hydrogen-bond donors (Lipinski definition) is 1. The van der Waals surface area contributed by atoms with Gasteiger partial charge >= 0.3 is 0 Å². The predicted molar refractivity (Wildman–Crippen MR) is 108 cm³/mol.